The Bertz CT molecular complexity index is 206. The minimum Gasteiger partial charge on any atom is -0.481 e. The van der Waals surface area contributed by atoms with Crippen LogP contribution in [0.15, 0.2) is 0 Å². The lowest BCUT2D eigenvalue weighted by atomic mass is 9.91. The quantitative estimate of drug-likeness (QED) is 0.544. The average molecular weight is 217 g/mol. The van der Waals surface area contributed by atoms with E-state index in [1.807, 2.05) is 4.90 Å². The number of nitrogens with zero attached hydrogens (tertiary/aromatic N) is 1. The lowest BCUT2D eigenvalue weighted by Crippen LogP contribution is -2.45. The van der Waals surface area contributed by atoms with Gasteiger partial charge in [-0.15, -0.1) is 0 Å². The molecule has 0 spiro atoms. The van der Waals surface area contributed by atoms with Gasteiger partial charge in [0.15, 0.2) is 0 Å². The van der Waals surface area contributed by atoms with E-state index in [1.54, 1.807) is 0 Å². The predicted molar refractivity (Wildman–Crippen MR) is 54.6 cm³/mol. The maximum Gasteiger partial charge on any atom is 0.306 e. The summed E-state index contributed by atoms with van der Waals surface area (Å²) in [6.07, 6.45) is 2.28. The summed E-state index contributed by atoms with van der Waals surface area (Å²) in [6.45, 7) is 0.912. The van der Waals surface area contributed by atoms with Gasteiger partial charge < -0.3 is 15.3 Å². The molecule has 1 aliphatic rings. The number of aliphatic hydroxyl groups is 2. The molecule has 3 N–H and O–H groups in total. The molecule has 1 fully saturated rings. The third-order valence-electron chi connectivity index (χ3n) is 2.83. The molecule has 0 amide bonds. The summed E-state index contributed by atoms with van der Waals surface area (Å²) in [6, 6.07) is 0.417. The van der Waals surface area contributed by atoms with Crippen molar-refractivity contribution >= 4 is 5.97 Å². The first-order valence-corrected chi connectivity index (χ1v) is 5.38. The van der Waals surface area contributed by atoms with Crippen molar-refractivity contribution in [3.63, 3.8) is 0 Å². The van der Waals surface area contributed by atoms with E-state index < -0.39 is 12.1 Å². The fourth-order valence-corrected chi connectivity index (χ4v) is 1.84. The van der Waals surface area contributed by atoms with Gasteiger partial charge in [0, 0.05) is 19.1 Å². The molecule has 0 aromatic heterocycles. The highest BCUT2D eigenvalue weighted by Crippen LogP contribution is 2.24. The lowest BCUT2D eigenvalue weighted by molar-refractivity contribution is -0.139. The zero-order valence-electron chi connectivity index (χ0n) is 8.80. The molecule has 0 aromatic carbocycles. The third-order valence-corrected chi connectivity index (χ3v) is 2.83. The highest BCUT2D eigenvalue weighted by atomic mass is 16.4. The van der Waals surface area contributed by atoms with E-state index >= 15 is 0 Å². The Hall–Kier alpha value is -0.650. The molecule has 5 heteroatoms. The second kappa shape index (κ2) is 6.05. The molecule has 88 valence electrons. The molecule has 1 atom stereocenters. The number of aliphatic hydroxyl groups excluding tert-OH is 2. The number of carboxylic acids is 1. The van der Waals surface area contributed by atoms with Gasteiger partial charge in [-0.25, -0.2) is 0 Å². The van der Waals surface area contributed by atoms with Crippen molar-refractivity contribution in [3.05, 3.63) is 0 Å². The Morgan fingerprint density at radius 2 is 2.13 bits per heavy atom. The minimum atomic E-state index is -0.986. The first-order chi connectivity index (χ1) is 7.13. The van der Waals surface area contributed by atoms with Crippen LogP contribution in [0.5, 0.6) is 0 Å². The zero-order chi connectivity index (χ0) is 11.3. The van der Waals surface area contributed by atoms with Crippen LogP contribution in [0.2, 0.25) is 0 Å². The number of hydrogen-bond acceptors (Lipinski definition) is 4. The molecule has 0 saturated heterocycles. The Morgan fingerprint density at radius 1 is 1.47 bits per heavy atom. The van der Waals surface area contributed by atoms with Gasteiger partial charge in [-0.2, -0.15) is 0 Å². The van der Waals surface area contributed by atoms with Gasteiger partial charge >= 0.3 is 5.97 Å². The van der Waals surface area contributed by atoms with E-state index in [4.69, 9.17) is 10.2 Å². The van der Waals surface area contributed by atoms with Crippen molar-refractivity contribution in [1.29, 1.82) is 0 Å². The molecule has 1 rings (SSSR count). The van der Waals surface area contributed by atoms with Crippen LogP contribution in [0.4, 0.5) is 0 Å². The Kier molecular flexibility index (Phi) is 5.01. The summed E-state index contributed by atoms with van der Waals surface area (Å²) in [5, 5.41) is 26.8. The normalized spacial score (nSPS) is 18.9. The zero-order valence-corrected chi connectivity index (χ0v) is 8.80. The molecular formula is C10H19NO4. The molecule has 0 aromatic rings. The first kappa shape index (κ1) is 12.4. The highest BCUT2D eigenvalue weighted by molar-refractivity contribution is 5.67. The van der Waals surface area contributed by atoms with E-state index in [2.05, 4.69) is 0 Å². The summed E-state index contributed by atoms with van der Waals surface area (Å²) in [5.74, 6) is -0.986. The number of rotatable bonds is 7. The SMILES string of the molecule is O=C(O)CC(O)CN(CCO)C1CCC1. The van der Waals surface area contributed by atoms with Crippen LogP contribution in [0.3, 0.4) is 0 Å². The van der Waals surface area contributed by atoms with Crippen LogP contribution in [0.1, 0.15) is 25.7 Å². The summed E-state index contributed by atoms with van der Waals surface area (Å²) >= 11 is 0. The van der Waals surface area contributed by atoms with Gasteiger partial charge in [0.2, 0.25) is 0 Å². The predicted octanol–water partition coefficient (Wildman–Crippen LogP) is -0.331. The van der Waals surface area contributed by atoms with Crippen LogP contribution in [-0.4, -0.2) is 58.0 Å². The highest BCUT2D eigenvalue weighted by Gasteiger charge is 2.26. The topological polar surface area (TPSA) is 81.0 Å². The molecule has 0 heterocycles. The van der Waals surface area contributed by atoms with E-state index in [0.717, 1.165) is 12.8 Å². The fourth-order valence-electron chi connectivity index (χ4n) is 1.84. The van der Waals surface area contributed by atoms with Gasteiger partial charge in [0.05, 0.1) is 19.1 Å². The molecule has 1 aliphatic carbocycles. The number of aliphatic carboxylic acids is 1. The smallest absolute Gasteiger partial charge is 0.306 e. The van der Waals surface area contributed by atoms with E-state index in [9.17, 15) is 9.90 Å². The Labute approximate surface area is 89.3 Å². The Balaban J connectivity index is 2.32. The van der Waals surface area contributed by atoms with E-state index in [0.29, 0.717) is 19.1 Å². The maximum atomic E-state index is 10.4. The van der Waals surface area contributed by atoms with Gasteiger partial charge in [-0.3, -0.25) is 9.69 Å². The van der Waals surface area contributed by atoms with Crippen LogP contribution >= 0.6 is 0 Å². The monoisotopic (exact) mass is 217 g/mol. The molecule has 0 radical (unpaired) electrons. The van der Waals surface area contributed by atoms with Gasteiger partial charge in [0.25, 0.3) is 0 Å². The van der Waals surface area contributed by atoms with Crippen molar-refractivity contribution in [2.45, 2.75) is 37.8 Å². The summed E-state index contributed by atoms with van der Waals surface area (Å²) in [4.78, 5) is 12.4. The summed E-state index contributed by atoms with van der Waals surface area (Å²) in [7, 11) is 0. The van der Waals surface area contributed by atoms with Crippen molar-refractivity contribution in [3.8, 4) is 0 Å². The van der Waals surface area contributed by atoms with Gasteiger partial charge in [0.1, 0.15) is 0 Å². The maximum absolute atomic E-state index is 10.4. The molecule has 5 nitrogen and oxygen atoms in total. The standard InChI is InChI=1S/C10H19NO4/c12-5-4-11(8-2-1-3-8)7-9(13)6-10(14)15/h8-9,12-13H,1-7H2,(H,14,15). The van der Waals surface area contributed by atoms with Crippen LogP contribution in [0, 0.1) is 0 Å². The van der Waals surface area contributed by atoms with Gasteiger partial charge in [-0.05, 0) is 12.8 Å². The molecule has 0 aliphatic heterocycles. The fraction of sp³-hybridized carbons (Fsp3) is 0.900. The summed E-state index contributed by atoms with van der Waals surface area (Å²) in [5.41, 5.74) is 0. The first-order valence-electron chi connectivity index (χ1n) is 5.38. The van der Waals surface area contributed by atoms with Crippen LogP contribution in [-0.2, 0) is 4.79 Å². The molecule has 0 bridgehead atoms. The number of carboxylic acid groups (broad SMARTS) is 1. The van der Waals surface area contributed by atoms with Crippen molar-refractivity contribution in [1.82, 2.24) is 4.90 Å². The number of hydrogen-bond donors (Lipinski definition) is 3. The van der Waals surface area contributed by atoms with Crippen molar-refractivity contribution in [2.75, 3.05) is 19.7 Å². The molecule has 1 saturated carbocycles. The lowest BCUT2D eigenvalue weighted by Gasteiger charge is -2.38. The van der Waals surface area contributed by atoms with Crippen LogP contribution in [0.25, 0.3) is 0 Å². The van der Waals surface area contributed by atoms with Crippen molar-refractivity contribution < 1.29 is 20.1 Å². The molecule has 1 unspecified atom stereocenters. The van der Waals surface area contributed by atoms with Crippen molar-refractivity contribution in [2.24, 2.45) is 0 Å². The second-order valence-electron chi connectivity index (χ2n) is 4.05. The number of carbonyl (C=O) groups is 1. The van der Waals surface area contributed by atoms with Gasteiger partial charge in [-0.1, -0.05) is 6.42 Å². The second-order valence-corrected chi connectivity index (χ2v) is 4.05. The Morgan fingerprint density at radius 3 is 2.53 bits per heavy atom. The van der Waals surface area contributed by atoms with Crippen LogP contribution < -0.4 is 0 Å². The largest absolute Gasteiger partial charge is 0.481 e. The average Bonchev–Trinajstić information content (AvgIpc) is 1.98. The molecular weight excluding hydrogens is 198 g/mol. The minimum absolute atomic E-state index is 0.0519. The van der Waals surface area contributed by atoms with E-state index in [-0.39, 0.29) is 13.0 Å². The van der Waals surface area contributed by atoms with E-state index in [1.165, 1.54) is 6.42 Å². The third kappa shape index (κ3) is 4.15. The molecule has 15 heavy (non-hydrogen) atoms. The summed E-state index contributed by atoms with van der Waals surface area (Å²) < 4.78 is 0.